The van der Waals surface area contributed by atoms with Crippen molar-refractivity contribution >= 4 is 0 Å². The van der Waals surface area contributed by atoms with E-state index in [4.69, 9.17) is 14.5 Å². The molecule has 1 aliphatic rings. The molecule has 4 nitrogen and oxygen atoms in total. The average Bonchev–Trinajstić information content (AvgIpc) is 3.33. The Morgan fingerprint density at radius 3 is 2.52 bits per heavy atom. The molecule has 0 amide bonds. The summed E-state index contributed by atoms with van der Waals surface area (Å²) in [6, 6.07) is 20.3. The molecule has 1 atom stereocenters. The average molecular weight is 334 g/mol. The van der Waals surface area contributed by atoms with Gasteiger partial charge in [0.15, 0.2) is 0 Å². The van der Waals surface area contributed by atoms with Crippen LogP contribution in [0.3, 0.4) is 0 Å². The van der Waals surface area contributed by atoms with Gasteiger partial charge >= 0.3 is 0 Å². The zero-order valence-corrected chi connectivity index (χ0v) is 14.2. The zero-order valence-electron chi connectivity index (χ0n) is 14.2. The first-order valence-electron chi connectivity index (χ1n) is 8.78. The molecule has 1 unspecified atom stereocenters. The quantitative estimate of drug-likeness (QED) is 0.680. The summed E-state index contributed by atoms with van der Waals surface area (Å²) in [5, 5.41) is 0. The predicted molar refractivity (Wildman–Crippen MR) is 97.8 cm³/mol. The van der Waals surface area contributed by atoms with E-state index in [2.05, 4.69) is 28.8 Å². The summed E-state index contributed by atoms with van der Waals surface area (Å²) in [6.07, 6.45) is 2.98. The van der Waals surface area contributed by atoms with Crippen molar-refractivity contribution in [3.05, 3.63) is 72.7 Å². The summed E-state index contributed by atoms with van der Waals surface area (Å²) >= 11 is 0. The summed E-state index contributed by atoms with van der Waals surface area (Å²) in [7, 11) is 0. The summed E-state index contributed by atoms with van der Waals surface area (Å²) in [5.74, 6) is 1.30. The summed E-state index contributed by atoms with van der Waals surface area (Å²) in [4.78, 5) is 4.71. The van der Waals surface area contributed by atoms with Crippen molar-refractivity contribution in [1.29, 1.82) is 0 Å². The Kier molecular flexibility index (Phi) is 4.79. The SMILES string of the molecule is c1ccc(OCCn2cnc(-c3ccccc3)c2C2CCOC2)cc1. The minimum atomic E-state index is 0.398. The van der Waals surface area contributed by atoms with Crippen molar-refractivity contribution in [1.82, 2.24) is 9.55 Å². The third-order valence-electron chi connectivity index (χ3n) is 4.59. The van der Waals surface area contributed by atoms with Gasteiger partial charge in [-0.2, -0.15) is 0 Å². The maximum absolute atomic E-state index is 5.86. The van der Waals surface area contributed by atoms with Crippen LogP contribution in [-0.4, -0.2) is 29.4 Å². The van der Waals surface area contributed by atoms with E-state index in [0.717, 1.165) is 43.2 Å². The maximum atomic E-state index is 5.86. The van der Waals surface area contributed by atoms with Gasteiger partial charge in [-0.1, -0.05) is 48.5 Å². The number of ether oxygens (including phenoxy) is 2. The highest BCUT2D eigenvalue weighted by molar-refractivity contribution is 5.62. The molecule has 3 aromatic rings. The molecular formula is C21H22N2O2. The lowest BCUT2D eigenvalue weighted by Gasteiger charge is -2.15. The Balaban J connectivity index is 1.56. The second kappa shape index (κ2) is 7.53. The van der Waals surface area contributed by atoms with Crippen molar-refractivity contribution in [2.24, 2.45) is 0 Å². The van der Waals surface area contributed by atoms with Crippen molar-refractivity contribution < 1.29 is 9.47 Å². The molecule has 4 heteroatoms. The number of nitrogens with zero attached hydrogens (tertiary/aromatic N) is 2. The van der Waals surface area contributed by atoms with Crippen LogP contribution >= 0.6 is 0 Å². The molecule has 128 valence electrons. The number of aromatic nitrogens is 2. The van der Waals surface area contributed by atoms with E-state index in [0.29, 0.717) is 12.5 Å². The van der Waals surface area contributed by atoms with Crippen molar-refractivity contribution in [3.8, 4) is 17.0 Å². The van der Waals surface area contributed by atoms with Gasteiger partial charge in [-0.15, -0.1) is 0 Å². The topological polar surface area (TPSA) is 36.3 Å². The van der Waals surface area contributed by atoms with Crippen LogP contribution in [-0.2, 0) is 11.3 Å². The van der Waals surface area contributed by atoms with Crippen molar-refractivity contribution in [3.63, 3.8) is 0 Å². The molecule has 1 aliphatic heterocycles. The number of rotatable bonds is 6. The van der Waals surface area contributed by atoms with E-state index in [1.807, 2.05) is 42.7 Å². The van der Waals surface area contributed by atoms with Crippen LogP contribution in [0.5, 0.6) is 5.75 Å². The van der Waals surface area contributed by atoms with Gasteiger partial charge in [-0.05, 0) is 18.6 Å². The van der Waals surface area contributed by atoms with E-state index in [-0.39, 0.29) is 0 Å². The Labute approximate surface area is 148 Å². The fourth-order valence-electron chi connectivity index (χ4n) is 3.35. The van der Waals surface area contributed by atoms with E-state index >= 15 is 0 Å². The Morgan fingerprint density at radius 1 is 1.04 bits per heavy atom. The minimum Gasteiger partial charge on any atom is -0.492 e. The second-order valence-corrected chi connectivity index (χ2v) is 6.26. The molecule has 0 N–H and O–H groups in total. The fraction of sp³-hybridized carbons (Fsp3) is 0.286. The molecule has 0 saturated carbocycles. The van der Waals surface area contributed by atoms with Crippen LogP contribution in [0, 0.1) is 0 Å². The smallest absolute Gasteiger partial charge is 0.119 e. The van der Waals surface area contributed by atoms with Gasteiger partial charge in [0.1, 0.15) is 12.4 Å². The molecule has 0 spiro atoms. The normalized spacial score (nSPS) is 16.9. The largest absolute Gasteiger partial charge is 0.492 e. The standard InChI is InChI=1S/C21H22N2O2/c1-3-7-17(8-4-1)20-21(18-11-13-24-15-18)23(16-22-20)12-14-25-19-9-5-2-6-10-19/h1-10,16,18H,11-15H2. The van der Waals surface area contributed by atoms with Crippen molar-refractivity contribution in [2.45, 2.75) is 18.9 Å². The lowest BCUT2D eigenvalue weighted by atomic mass is 9.99. The zero-order chi connectivity index (χ0) is 16.9. The first-order valence-corrected chi connectivity index (χ1v) is 8.78. The van der Waals surface area contributed by atoms with Gasteiger partial charge < -0.3 is 14.0 Å². The van der Waals surface area contributed by atoms with Crippen molar-refractivity contribution in [2.75, 3.05) is 19.8 Å². The molecule has 25 heavy (non-hydrogen) atoms. The van der Waals surface area contributed by atoms with Gasteiger partial charge in [0.05, 0.1) is 30.9 Å². The molecule has 0 radical (unpaired) electrons. The number of imidazole rings is 1. The van der Waals surface area contributed by atoms with Crippen LogP contribution in [0.15, 0.2) is 67.0 Å². The summed E-state index contributed by atoms with van der Waals surface area (Å²) in [5.41, 5.74) is 3.49. The molecular weight excluding hydrogens is 312 g/mol. The molecule has 1 aromatic heterocycles. The number of benzene rings is 2. The first kappa shape index (κ1) is 15.9. The lowest BCUT2D eigenvalue weighted by molar-refractivity contribution is 0.193. The maximum Gasteiger partial charge on any atom is 0.119 e. The highest BCUT2D eigenvalue weighted by Gasteiger charge is 2.25. The van der Waals surface area contributed by atoms with E-state index in [1.54, 1.807) is 0 Å². The Morgan fingerprint density at radius 2 is 1.80 bits per heavy atom. The van der Waals surface area contributed by atoms with Crippen LogP contribution in [0.2, 0.25) is 0 Å². The first-order chi connectivity index (χ1) is 12.4. The van der Waals surface area contributed by atoms with Gasteiger partial charge in [0, 0.05) is 18.1 Å². The molecule has 1 saturated heterocycles. The number of hydrogen-bond donors (Lipinski definition) is 0. The Hall–Kier alpha value is -2.59. The van der Waals surface area contributed by atoms with Gasteiger partial charge in [0.25, 0.3) is 0 Å². The number of hydrogen-bond acceptors (Lipinski definition) is 3. The van der Waals surface area contributed by atoms with E-state index in [9.17, 15) is 0 Å². The molecule has 4 rings (SSSR count). The van der Waals surface area contributed by atoms with E-state index in [1.165, 1.54) is 5.69 Å². The molecule has 0 bridgehead atoms. The highest BCUT2D eigenvalue weighted by Crippen LogP contribution is 2.33. The summed E-state index contributed by atoms with van der Waals surface area (Å²) < 4.78 is 13.7. The molecule has 2 heterocycles. The van der Waals surface area contributed by atoms with Gasteiger partial charge in [0.2, 0.25) is 0 Å². The predicted octanol–water partition coefficient (Wildman–Crippen LogP) is 4.13. The third kappa shape index (κ3) is 3.59. The summed E-state index contributed by atoms with van der Waals surface area (Å²) in [6.45, 7) is 2.99. The molecule has 1 fully saturated rings. The van der Waals surface area contributed by atoms with Crippen LogP contribution in [0.4, 0.5) is 0 Å². The second-order valence-electron chi connectivity index (χ2n) is 6.26. The van der Waals surface area contributed by atoms with Gasteiger partial charge in [-0.3, -0.25) is 0 Å². The van der Waals surface area contributed by atoms with Gasteiger partial charge in [-0.25, -0.2) is 4.98 Å². The lowest BCUT2D eigenvalue weighted by Crippen LogP contribution is -2.13. The third-order valence-corrected chi connectivity index (χ3v) is 4.59. The number of para-hydroxylation sites is 1. The highest BCUT2D eigenvalue weighted by atomic mass is 16.5. The monoisotopic (exact) mass is 334 g/mol. The molecule has 2 aromatic carbocycles. The van der Waals surface area contributed by atoms with Crippen LogP contribution in [0.25, 0.3) is 11.3 Å². The Bertz CT molecular complexity index is 793. The van der Waals surface area contributed by atoms with Crippen LogP contribution in [0.1, 0.15) is 18.0 Å². The molecule has 0 aliphatic carbocycles. The minimum absolute atomic E-state index is 0.398. The van der Waals surface area contributed by atoms with E-state index < -0.39 is 0 Å². The fourth-order valence-corrected chi connectivity index (χ4v) is 3.35. The van der Waals surface area contributed by atoms with Crippen LogP contribution < -0.4 is 4.74 Å².